The van der Waals surface area contributed by atoms with E-state index >= 15 is 0 Å². The topological polar surface area (TPSA) is 49.1 Å². The van der Waals surface area contributed by atoms with Gasteiger partial charge in [0, 0.05) is 6.07 Å². The van der Waals surface area contributed by atoms with Crippen molar-refractivity contribution in [3.05, 3.63) is 22.3 Å². The van der Waals surface area contributed by atoms with Crippen molar-refractivity contribution >= 4 is 11.6 Å². The molecule has 0 spiro atoms. The van der Waals surface area contributed by atoms with Gasteiger partial charge in [0.15, 0.2) is 5.15 Å². The summed E-state index contributed by atoms with van der Waals surface area (Å²) in [7, 11) is 0. The van der Waals surface area contributed by atoms with Crippen LogP contribution in [0.1, 0.15) is 0 Å². The van der Waals surface area contributed by atoms with Crippen LogP contribution >= 0.6 is 11.6 Å². The number of aromatic amines is 1. The summed E-state index contributed by atoms with van der Waals surface area (Å²) in [6.45, 7) is 0. The van der Waals surface area contributed by atoms with Crippen molar-refractivity contribution in [3.8, 4) is 0 Å². The maximum Gasteiger partial charge on any atom is 0.271 e. The third kappa shape index (κ3) is 0.840. The summed E-state index contributed by atoms with van der Waals surface area (Å²) in [6, 6.07) is 1.53. The molecule has 0 aromatic carbocycles. The summed E-state index contributed by atoms with van der Waals surface area (Å²) in [5.74, 6) is 0. The Morgan fingerprint density at radius 2 is 2.62 bits per heavy atom. The van der Waals surface area contributed by atoms with Gasteiger partial charge in [0.25, 0.3) is 5.29 Å². The van der Waals surface area contributed by atoms with E-state index in [2.05, 4.69) is 10.4 Å². The minimum absolute atomic E-state index is 0.393. The van der Waals surface area contributed by atoms with E-state index in [4.69, 9.17) is 11.6 Å². The lowest BCUT2D eigenvalue weighted by molar-refractivity contribution is -0.735. The van der Waals surface area contributed by atoms with Crippen molar-refractivity contribution in [1.82, 2.24) is 5.10 Å². The molecule has 1 heterocycles. The molecule has 1 N–H and O–H groups in total. The third-order valence-electron chi connectivity index (χ3n) is 0.671. The largest absolute Gasteiger partial charge is 0.271 e. The van der Waals surface area contributed by atoms with Crippen molar-refractivity contribution < 1.29 is 4.79 Å². The van der Waals surface area contributed by atoms with Gasteiger partial charge in [0.05, 0.1) is 4.79 Å². The van der Waals surface area contributed by atoms with Gasteiger partial charge in [0.1, 0.15) is 0 Å². The number of nitrogens with zero attached hydrogens (tertiary/aromatic N) is 2. The Labute approximate surface area is 50.0 Å². The molecular formula is C3H3ClN3O+. The van der Waals surface area contributed by atoms with Crippen molar-refractivity contribution in [2.24, 2.45) is 5.29 Å². The van der Waals surface area contributed by atoms with Crippen molar-refractivity contribution in [1.29, 1.82) is 0 Å². The standard InChI is InChI=1S/C3H2ClN3O/c4-3-1-2-7(5-3)6-8/h1-2H/p+1. The summed E-state index contributed by atoms with van der Waals surface area (Å²) in [5.41, 5.74) is 0. The molecule has 1 aromatic heterocycles. The first-order valence-corrected chi connectivity index (χ1v) is 2.30. The van der Waals surface area contributed by atoms with Crippen molar-refractivity contribution in [3.63, 3.8) is 0 Å². The van der Waals surface area contributed by atoms with Gasteiger partial charge < -0.3 is 0 Å². The summed E-state index contributed by atoms with van der Waals surface area (Å²) >= 11 is 5.36. The Morgan fingerprint density at radius 1 is 1.88 bits per heavy atom. The molecule has 0 aliphatic rings. The zero-order chi connectivity index (χ0) is 5.98. The van der Waals surface area contributed by atoms with E-state index in [-0.39, 0.29) is 0 Å². The fraction of sp³-hybridized carbons (Fsp3) is 0. The monoisotopic (exact) mass is 132 g/mol. The number of aromatic nitrogens is 2. The second-order valence-corrected chi connectivity index (χ2v) is 1.61. The minimum atomic E-state index is 0.393. The molecule has 4 nitrogen and oxygen atoms in total. The highest BCUT2D eigenvalue weighted by Gasteiger charge is 1.99. The van der Waals surface area contributed by atoms with Crippen LogP contribution in [0, 0.1) is 4.91 Å². The van der Waals surface area contributed by atoms with Crippen molar-refractivity contribution in [2.45, 2.75) is 0 Å². The van der Waals surface area contributed by atoms with E-state index in [0.29, 0.717) is 5.15 Å². The number of H-pyrrole nitrogens is 1. The SMILES string of the molecule is O=N[n+]1ccc(Cl)[nH]1. The Kier molecular flexibility index (Phi) is 1.26. The number of nitrogens with one attached hydrogen (secondary N) is 1. The molecule has 1 aromatic rings. The van der Waals surface area contributed by atoms with Gasteiger partial charge in [-0.1, -0.05) is 16.5 Å². The maximum atomic E-state index is 9.64. The molecule has 0 radical (unpaired) electrons. The van der Waals surface area contributed by atoms with E-state index in [9.17, 15) is 4.91 Å². The number of nitroso groups, excluding NO2 is 1. The number of hydrogen-bond donors (Lipinski definition) is 1. The smallest absolute Gasteiger partial charge is 0.121 e. The van der Waals surface area contributed by atoms with Crippen molar-refractivity contribution in [2.75, 3.05) is 0 Å². The van der Waals surface area contributed by atoms with Crippen LogP contribution in [-0.2, 0) is 0 Å². The first kappa shape index (κ1) is 5.24. The molecular weight excluding hydrogens is 130 g/mol. The molecule has 5 heteroatoms. The molecule has 0 saturated carbocycles. The van der Waals surface area contributed by atoms with E-state index < -0.39 is 0 Å². The summed E-state index contributed by atoms with van der Waals surface area (Å²) < 4.78 is 0. The number of rotatable bonds is 1. The maximum absolute atomic E-state index is 9.64. The van der Waals surface area contributed by atoms with Crippen LogP contribution in [0.3, 0.4) is 0 Å². The molecule has 0 aliphatic carbocycles. The second kappa shape index (κ2) is 1.92. The van der Waals surface area contributed by atoms with Gasteiger partial charge in [-0.15, -0.1) is 5.10 Å². The average Bonchev–Trinajstić information content (AvgIpc) is 2.14. The van der Waals surface area contributed by atoms with Crippen LogP contribution in [-0.4, -0.2) is 5.10 Å². The zero-order valence-electron chi connectivity index (χ0n) is 3.84. The second-order valence-electron chi connectivity index (χ2n) is 1.20. The fourth-order valence-electron chi connectivity index (χ4n) is 0.368. The highest BCUT2D eigenvalue weighted by molar-refractivity contribution is 6.29. The Morgan fingerprint density at radius 3 is 2.88 bits per heavy atom. The number of halogens is 1. The molecule has 0 saturated heterocycles. The van der Waals surface area contributed by atoms with E-state index in [1.807, 2.05) is 0 Å². The first-order chi connectivity index (χ1) is 3.83. The molecule has 42 valence electrons. The van der Waals surface area contributed by atoms with Crippen LogP contribution in [0.15, 0.2) is 17.5 Å². The molecule has 0 aliphatic heterocycles. The van der Waals surface area contributed by atoms with Gasteiger partial charge in [0.2, 0.25) is 6.20 Å². The Hall–Kier alpha value is -0.900. The van der Waals surface area contributed by atoms with Crippen LogP contribution in [0.2, 0.25) is 5.15 Å². The Balaban J connectivity index is 3.00. The highest BCUT2D eigenvalue weighted by Crippen LogP contribution is 1.96. The average molecular weight is 133 g/mol. The molecule has 0 unspecified atom stereocenters. The normalized spacial score (nSPS) is 9.12. The lowest BCUT2D eigenvalue weighted by Crippen LogP contribution is -2.26. The van der Waals surface area contributed by atoms with E-state index in [1.54, 1.807) is 0 Å². The Bertz CT molecular complexity index is 196. The van der Waals surface area contributed by atoms with Crippen LogP contribution in [0.5, 0.6) is 0 Å². The van der Waals surface area contributed by atoms with Gasteiger partial charge in [-0.25, -0.2) is 0 Å². The fourth-order valence-corrected chi connectivity index (χ4v) is 0.511. The van der Waals surface area contributed by atoms with Gasteiger partial charge in [-0.2, -0.15) is 0 Å². The third-order valence-corrected chi connectivity index (χ3v) is 0.882. The van der Waals surface area contributed by atoms with Crippen LogP contribution < -0.4 is 4.79 Å². The predicted octanol–water partition coefficient (Wildman–Crippen LogP) is 0.485. The van der Waals surface area contributed by atoms with Crippen LogP contribution in [0.25, 0.3) is 0 Å². The summed E-state index contributed by atoms with van der Waals surface area (Å²) in [6.07, 6.45) is 1.43. The van der Waals surface area contributed by atoms with Gasteiger partial charge >= 0.3 is 0 Å². The van der Waals surface area contributed by atoms with E-state index in [1.165, 1.54) is 12.3 Å². The molecule has 0 fully saturated rings. The molecule has 0 atom stereocenters. The molecule has 8 heavy (non-hydrogen) atoms. The van der Waals surface area contributed by atoms with Gasteiger partial charge in [-0.3, -0.25) is 0 Å². The highest BCUT2D eigenvalue weighted by atomic mass is 35.5. The molecule has 0 amide bonds. The van der Waals surface area contributed by atoms with Crippen LogP contribution in [0.4, 0.5) is 0 Å². The first-order valence-electron chi connectivity index (χ1n) is 1.93. The lowest BCUT2D eigenvalue weighted by atomic mass is 10.8. The summed E-state index contributed by atoms with van der Waals surface area (Å²) in [5, 5.41) is 5.34. The van der Waals surface area contributed by atoms with Gasteiger partial charge in [-0.05, 0) is 0 Å². The van der Waals surface area contributed by atoms with E-state index in [0.717, 1.165) is 4.79 Å². The lowest BCUT2D eigenvalue weighted by Gasteiger charge is -1.64. The zero-order valence-corrected chi connectivity index (χ0v) is 4.59. The minimum Gasteiger partial charge on any atom is -0.121 e. The molecule has 0 bridgehead atoms. The quantitative estimate of drug-likeness (QED) is 0.439. The predicted molar refractivity (Wildman–Crippen MR) is 27.2 cm³/mol. The molecule has 1 rings (SSSR count). The number of hydrogen-bond acceptors (Lipinski definition) is 2. The summed E-state index contributed by atoms with van der Waals surface area (Å²) in [4.78, 5) is 10.6.